The molecule has 1 aliphatic heterocycles. The molecule has 0 aliphatic carbocycles. The van der Waals surface area contributed by atoms with Crippen molar-refractivity contribution in [3.63, 3.8) is 0 Å². The maximum atomic E-state index is 14.7. The zero-order chi connectivity index (χ0) is 27.6. The third-order valence-electron chi connectivity index (χ3n) is 7.47. The average molecular weight is 603 g/mol. The maximum absolute atomic E-state index is 14.7. The number of hydrogen-bond donors (Lipinski definition) is 0. The van der Waals surface area contributed by atoms with Gasteiger partial charge in [-0.05, 0) is 87.1 Å². The van der Waals surface area contributed by atoms with E-state index in [1.807, 2.05) is 45.9 Å². The largest absolute Gasteiger partial charge is 0.332 e. The zero-order valence-electron chi connectivity index (χ0n) is 22.2. The van der Waals surface area contributed by atoms with Crippen LogP contribution in [0.5, 0.6) is 0 Å². The Kier molecular flexibility index (Phi) is 8.69. The number of carbonyl (C=O) groups is 1. The van der Waals surface area contributed by atoms with Crippen LogP contribution in [0.1, 0.15) is 46.4 Å². The van der Waals surface area contributed by atoms with Crippen LogP contribution in [0.15, 0.2) is 58.0 Å². The molecule has 1 amide bonds. The summed E-state index contributed by atoms with van der Waals surface area (Å²) in [6.45, 7) is 8.42. The van der Waals surface area contributed by atoms with Crippen molar-refractivity contribution in [2.45, 2.75) is 58.5 Å². The molecular weight excluding hydrogens is 569 g/mol. The number of nitrogens with zero attached hydrogens (tertiary/aromatic N) is 3. The molecule has 0 bridgehead atoms. The fraction of sp³-hybridized carbons (Fsp3) is 0.379. The van der Waals surface area contributed by atoms with Crippen LogP contribution in [0, 0.1) is 39.4 Å². The highest BCUT2D eigenvalue weighted by molar-refractivity contribution is 9.10. The van der Waals surface area contributed by atoms with Crippen molar-refractivity contribution >= 4 is 31.9 Å². The lowest BCUT2D eigenvalue weighted by atomic mass is 9.96. The van der Waals surface area contributed by atoms with Crippen LogP contribution in [-0.4, -0.2) is 41.6 Å². The summed E-state index contributed by atoms with van der Waals surface area (Å²) in [5, 5.41) is 0. The summed E-state index contributed by atoms with van der Waals surface area (Å²) >= 11 is 3.28. The van der Waals surface area contributed by atoms with Gasteiger partial charge in [-0.3, -0.25) is 9.78 Å². The number of amides is 1. The van der Waals surface area contributed by atoms with Crippen LogP contribution in [0.4, 0.5) is 4.39 Å². The Balaban J connectivity index is 1.53. The van der Waals surface area contributed by atoms with Crippen molar-refractivity contribution in [3.05, 3.63) is 92.5 Å². The van der Waals surface area contributed by atoms with E-state index in [4.69, 9.17) is 0 Å². The van der Waals surface area contributed by atoms with Gasteiger partial charge in [-0.1, -0.05) is 34.1 Å². The topological polar surface area (TPSA) is 70.6 Å². The van der Waals surface area contributed by atoms with Crippen LogP contribution < -0.4 is 0 Å². The fourth-order valence-corrected chi connectivity index (χ4v) is 7.43. The van der Waals surface area contributed by atoms with E-state index >= 15 is 0 Å². The Morgan fingerprint density at radius 2 is 1.68 bits per heavy atom. The third kappa shape index (κ3) is 6.00. The molecule has 1 fully saturated rings. The second-order valence-corrected chi connectivity index (χ2v) is 12.8. The van der Waals surface area contributed by atoms with Gasteiger partial charge in [-0.15, -0.1) is 0 Å². The Morgan fingerprint density at radius 1 is 1.03 bits per heavy atom. The smallest absolute Gasteiger partial charge is 0.243 e. The van der Waals surface area contributed by atoms with Crippen molar-refractivity contribution in [1.29, 1.82) is 0 Å². The normalized spacial score (nSPS) is 15.0. The first-order chi connectivity index (χ1) is 18.0. The van der Waals surface area contributed by atoms with Gasteiger partial charge in [0.05, 0.1) is 17.1 Å². The number of pyridine rings is 1. The number of piperidine rings is 1. The highest BCUT2D eigenvalue weighted by atomic mass is 79.9. The standard InChI is InChI=1S/C29H33BrFN3O3S/c1-19-15-20(2)22(4)28(21(19)3)38(36,37)34-13-10-23(11-14-34)29(35)33(18-26-7-5-6-12-32-26)17-24-8-9-25(30)16-27(24)31/h5-9,12,15-16,23H,10-11,13-14,17-18H2,1-4H3. The predicted octanol–water partition coefficient (Wildman–Crippen LogP) is 5.85. The molecule has 0 radical (unpaired) electrons. The quantitative estimate of drug-likeness (QED) is 0.341. The van der Waals surface area contributed by atoms with Crippen molar-refractivity contribution in [1.82, 2.24) is 14.2 Å². The van der Waals surface area contributed by atoms with Gasteiger partial charge in [-0.25, -0.2) is 12.8 Å². The number of aryl methyl sites for hydroxylation is 2. The van der Waals surface area contributed by atoms with Gasteiger partial charge in [0, 0.05) is 41.8 Å². The lowest BCUT2D eigenvalue weighted by molar-refractivity contribution is -0.138. The van der Waals surface area contributed by atoms with E-state index in [1.54, 1.807) is 29.3 Å². The van der Waals surface area contributed by atoms with Gasteiger partial charge in [-0.2, -0.15) is 4.31 Å². The number of benzene rings is 2. The van der Waals surface area contributed by atoms with Crippen molar-refractivity contribution in [2.24, 2.45) is 5.92 Å². The molecule has 4 rings (SSSR count). The van der Waals surface area contributed by atoms with Gasteiger partial charge in [0.25, 0.3) is 0 Å². The van der Waals surface area contributed by atoms with Gasteiger partial charge in [0.1, 0.15) is 5.82 Å². The highest BCUT2D eigenvalue weighted by Gasteiger charge is 2.36. The average Bonchev–Trinajstić information content (AvgIpc) is 2.89. The van der Waals surface area contributed by atoms with Gasteiger partial charge >= 0.3 is 0 Å². The van der Waals surface area contributed by atoms with E-state index in [9.17, 15) is 17.6 Å². The molecule has 2 heterocycles. The lowest BCUT2D eigenvalue weighted by Crippen LogP contribution is -2.44. The molecule has 3 aromatic rings. The minimum atomic E-state index is -3.70. The second kappa shape index (κ2) is 11.6. The van der Waals surface area contributed by atoms with E-state index in [2.05, 4.69) is 20.9 Å². The Morgan fingerprint density at radius 3 is 2.26 bits per heavy atom. The van der Waals surface area contributed by atoms with Crippen LogP contribution >= 0.6 is 15.9 Å². The number of carbonyl (C=O) groups excluding carboxylic acids is 1. The molecule has 0 N–H and O–H groups in total. The first-order valence-corrected chi connectivity index (χ1v) is 14.9. The Hall–Kier alpha value is -2.62. The van der Waals surface area contributed by atoms with Crippen LogP contribution in [0.25, 0.3) is 0 Å². The number of rotatable bonds is 7. The SMILES string of the molecule is Cc1cc(C)c(C)c(S(=O)(=O)N2CCC(C(=O)N(Cc3ccccn3)Cc3ccc(Br)cc3F)CC2)c1C. The summed E-state index contributed by atoms with van der Waals surface area (Å²) in [5.74, 6) is -0.864. The van der Waals surface area contributed by atoms with Crippen molar-refractivity contribution in [3.8, 4) is 0 Å². The summed E-state index contributed by atoms with van der Waals surface area (Å²) in [6.07, 6.45) is 2.48. The molecule has 0 saturated carbocycles. The Bertz CT molecular complexity index is 1410. The van der Waals surface area contributed by atoms with Crippen molar-refractivity contribution < 1.29 is 17.6 Å². The monoisotopic (exact) mass is 601 g/mol. The minimum Gasteiger partial charge on any atom is -0.332 e. The van der Waals surface area contributed by atoms with E-state index in [-0.39, 0.29) is 38.0 Å². The molecule has 1 saturated heterocycles. The number of sulfonamides is 1. The van der Waals surface area contributed by atoms with Crippen LogP contribution in [-0.2, 0) is 27.9 Å². The number of hydrogen-bond acceptors (Lipinski definition) is 4. The molecule has 9 heteroatoms. The predicted molar refractivity (Wildman–Crippen MR) is 149 cm³/mol. The molecular formula is C29H33BrFN3O3S. The van der Waals surface area contributed by atoms with Crippen LogP contribution in [0.3, 0.4) is 0 Å². The van der Waals surface area contributed by atoms with E-state index in [0.29, 0.717) is 33.5 Å². The molecule has 6 nitrogen and oxygen atoms in total. The first kappa shape index (κ1) is 28.4. The summed E-state index contributed by atoms with van der Waals surface area (Å²) in [6, 6.07) is 12.3. The van der Waals surface area contributed by atoms with Gasteiger partial charge < -0.3 is 4.90 Å². The zero-order valence-corrected chi connectivity index (χ0v) is 24.6. The second-order valence-electron chi connectivity index (χ2n) is 10.0. The minimum absolute atomic E-state index is 0.105. The maximum Gasteiger partial charge on any atom is 0.243 e. The first-order valence-electron chi connectivity index (χ1n) is 12.7. The van der Waals surface area contributed by atoms with E-state index in [0.717, 1.165) is 22.3 Å². The molecule has 1 aromatic heterocycles. The van der Waals surface area contributed by atoms with Gasteiger partial charge in [0.2, 0.25) is 15.9 Å². The molecule has 38 heavy (non-hydrogen) atoms. The van der Waals surface area contributed by atoms with E-state index < -0.39 is 15.8 Å². The van der Waals surface area contributed by atoms with E-state index in [1.165, 1.54) is 10.4 Å². The third-order valence-corrected chi connectivity index (χ3v) is 10.1. The molecule has 0 atom stereocenters. The lowest BCUT2D eigenvalue weighted by Gasteiger charge is -2.34. The summed E-state index contributed by atoms with van der Waals surface area (Å²) in [7, 11) is -3.70. The summed E-state index contributed by atoms with van der Waals surface area (Å²) < 4.78 is 44.1. The molecule has 0 spiro atoms. The van der Waals surface area contributed by atoms with Crippen LogP contribution in [0.2, 0.25) is 0 Å². The number of aromatic nitrogens is 1. The molecule has 2 aromatic carbocycles. The Labute approximate surface area is 233 Å². The molecule has 202 valence electrons. The molecule has 0 unspecified atom stereocenters. The van der Waals surface area contributed by atoms with Gasteiger partial charge in [0.15, 0.2) is 0 Å². The summed E-state index contributed by atoms with van der Waals surface area (Å²) in [5.41, 5.74) is 4.55. The summed E-state index contributed by atoms with van der Waals surface area (Å²) in [4.78, 5) is 20.1. The fourth-order valence-electron chi connectivity index (χ4n) is 5.05. The van der Waals surface area contributed by atoms with Crippen molar-refractivity contribution in [2.75, 3.05) is 13.1 Å². The highest BCUT2D eigenvalue weighted by Crippen LogP contribution is 2.32. The molecule has 1 aliphatic rings. The number of halogens is 2.